The fourth-order valence-electron chi connectivity index (χ4n) is 3.85. The van der Waals surface area contributed by atoms with E-state index in [1.807, 2.05) is 36.4 Å². The molecule has 0 aliphatic heterocycles. The van der Waals surface area contributed by atoms with E-state index in [1.165, 1.54) is 15.3 Å². The molecule has 1 atom stereocenters. The fourth-order valence-corrected chi connectivity index (χ4v) is 3.85. The monoisotopic (exact) mass is 417 g/mol. The van der Waals surface area contributed by atoms with Crippen molar-refractivity contribution < 1.29 is 0 Å². The lowest BCUT2D eigenvalue weighted by Gasteiger charge is -2.08. The van der Waals surface area contributed by atoms with Crippen molar-refractivity contribution in [3.63, 3.8) is 0 Å². The Morgan fingerprint density at radius 2 is 1.88 bits per heavy atom. The van der Waals surface area contributed by atoms with E-state index in [-0.39, 0.29) is 11.4 Å². The molecule has 0 aliphatic carbocycles. The van der Waals surface area contributed by atoms with E-state index in [1.54, 1.807) is 37.6 Å². The number of hydrogen-bond donors (Lipinski definition) is 0. The fraction of sp³-hybridized carbons (Fsp3) is 0.0833. The molecule has 5 rings (SSSR count). The highest BCUT2D eigenvalue weighted by molar-refractivity contribution is 6.04. The SMILES string of the molecule is CC(C#N)n1c(=O)n(-c2ccc(C#N)nc2)c2c3cc(-c4cccnc4)ccc3ncc21. The zero-order chi connectivity index (χ0) is 22.2. The van der Waals surface area contributed by atoms with Gasteiger partial charge in [-0.3, -0.25) is 19.1 Å². The highest BCUT2D eigenvalue weighted by atomic mass is 16.1. The molecule has 4 aromatic heterocycles. The smallest absolute Gasteiger partial charge is 0.274 e. The summed E-state index contributed by atoms with van der Waals surface area (Å²) in [6.07, 6.45) is 6.58. The number of nitrogens with zero attached hydrogens (tertiary/aromatic N) is 7. The quantitative estimate of drug-likeness (QED) is 0.442. The molecule has 0 radical (unpaired) electrons. The van der Waals surface area contributed by atoms with Crippen LogP contribution in [0.4, 0.5) is 0 Å². The van der Waals surface area contributed by atoms with Gasteiger partial charge < -0.3 is 0 Å². The van der Waals surface area contributed by atoms with E-state index in [0.717, 1.165) is 16.5 Å². The van der Waals surface area contributed by atoms with Crippen LogP contribution in [0, 0.1) is 22.7 Å². The lowest BCUT2D eigenvalue weighted by molar-refractivity contribution is 0.656. The van der Waals surface area contributed by atoms with E-state index in [9.17, 15) is 10.1 Å². The van der Waals surface area contributed by atoms with Crippen LogP contribution in [-0.2, 0) is 0 Å². The number of benzene rings is 1. The molecular weight excluding hydrogens is 402 g/mol. The van der Waals surface area contributed by atoms with Crippen molar-refractivity contribution >= 4 is 21.9 Å². The molecule has 0 amide bonds. The maximum absolute atomic E-state index is 13.5. The van der Waals surface area contributed by atoms with E-state index in [2.05, 4.69) is 21.0 Å². The summed E-state index contributed by atoms with van der Waals surface area (Å²) in [4.78, 5) is 26.3. The average Bonchev–Trinajstić information content (AvgIpc) is 3.16. The van der Waals surface area contributed by atoms with Gasteiger partial charge in [0.2, 0.25) is 0 Å². The minimum absolute atomic E-state index is 0.251. The minimum atomic E-state index is -0.696. The Morgan fingerprint density at radius 1 is 1.00 bits per heavy atom. The van der Waals surface area contributed by atoms with Crippen molar-refractivity contribution in [1.82, 2.24) is 24.1 Å². The van der Waals surface area contributed by atoms with Crippen LogP contribution in [0.2, 0.25) is 0 Å². The van der Waals surface area contributed by atoms with Gasteiger partial charge in [0.05, 0.1) is 40.7 Å². The maximum atomic E-state index is 13.5. The first-order valence-corrected chi connectivity index (χ1v) is 9.84. The van der Waals surface area contributed by atoms with Crippen LogP contribution in [0.15, 0.2) is 72.0 Å². The molecule has 4 heterocycles. The molecule has 0 fully saturated rings. The molecule has 0 bridgehead atoms. The Hall–Kier alpha value is -4.82. The van der Waals surface area contributed by atoms with Gasteiger partial charge in [0.15, 0.2) is 0 Å². The third-order valence-electron chi connectivity index (χ3n) is 5.39. The van der Waals surface area contributed by atoms with Crippen LogP contribution in [0.3, 0.4) is 0 Å². The van der Waals surface area contributed by atoms with Gasteiger partial charge in [0, 0.05) is 23.3 Å². The Labute approximate surface area is 182 Å². The lowest BCUT2D eigenvalue weighted by Crippen LogP contribution is -2.25. The zero-order valence-corrected chi connectivity index (χ0v) is 17.0. The van der Waals surface area contributed by atoms with Crippen LogP contribution >= 0.6 is 0 Å². The first-order chi connectivity index (χ1) is 15.6. The average molecular weight is 417 g/mol. The Balaban J connectivity index is 1.91. The van der Waals surface area contributed by atoms with Crippen LogP contribution in [0.5, 0.6) is 0 Å². The molecule has 1 aromatic carbocycles. The molecule has 0 saturated heterocycles. The topological polar surface area (TPSA) is 113 Å². The van der Waals surface area contributed by atoms with E-state index < -0.39 is 6.04 Å². The summed E-state index contributed by atoms with van der Waals surface area (Å²) >= 11 is 0. The number of rotatable bonds is 3. The number of imidazole rings is 1. The molecule has 5 aromatic rings. The van der Waals surface area contributed by atoms with Crippen LogP contribution in [0.1, 0.15) is 18.7 Å². The third-order valence-corrected chi connectivity index (χ3v) is 5.39. The van der Waals surface area contributed by atoms with Gasteiger partial charge in [-0.1, -0.05) is 12.1 Å². The summed E-state index contributed by atoms with van der Waals surface area (Å²) in [5.74, 6) is 0. The highest BCUT2D eigenvalue weighted by Gasteiger charge is 2.21. The number of pyridine rings is 3. The second-order valence-corrected chi connectivity index (χ2v) is 7.27. The van der Waals surface area contributed by atoms with E-state index in [4.69, 9.17) is 5.26 Å². The molecule has 152 valence electrons. The highest BCUT2D eigenvalue weighted by Crippen LogP contribution is 2.30. The number of aromatic nitrogens is 5. The van der Waals surface area contributed by atoms with E-state index in [0.29, 0.717) is 22.2 Å². The molecule has 0 saturated carbocycles. The van der Waals surface area contributed by atoms with Gasteiger partial charge in [-0.25, -0.2) is 9.78 Å². The largest absolute Gasteiger partial charge is 0.334 e. The minimum Gasteiger partial charge on any atom is -0.274 e. The van der Waals surface area contributed by atoms with Crippen molar-refractivity contribution in [3.05, 3.63) is 83.4 Å². The molecule has 0 spiro atoms. The third kappa shape index (κ3) is 2.91. The molecule has 8 nitrogen and oxygen atoms in total. The van der Waals surface area contributed by atoms with Gasteiger partial charge in [-0.15, -0.1) is 0 Å². The Bertz CT molecular complexity index is 1620. The van der Waals surface area contributed by atoms with Crippen LogP contribution < -0.4 is 5.69 Å². The van der Waals surface area contributed by atoms with Gasteiger partial charge in [0.25, 0.3) is 0 Å². The van der Waals surface area contributed by atoms with Gasteiger partial charge >= 0.3 is 5.69 Å². The predicted molar refractivity (Wildman–Crippen MR) is 119 cm³/mol. The zero-order valence-electron chi connectivity index (χ0n) is 17.0. The number of nitriles is 2. The van der Waals surface area contributed by atoms with Crippen LogP contribution in [0.25, 0.3) is 38.8 Å². The summed E-state index contributed by atoms with van der Waals surface area (Å²) < 4.78 is 2.95. The summed E-state index contributed by atoms with van der Waals surface area (Å²) in [7, 11) is 0. The summed E-state index contributed by atoms with van der Waals surface area (Å²) in [5, 5.41) is 19.4. The Kier molecular flexibility index (Phi) is 4.47. The van der Waals surface area contributed by atoms with Crippen molar-refractivity contribution in [1.29, 1.82) is 10.5 Å². The summed E-state index contributed by atoms with van der Waals surface area (Å²) in [6, 6.07) is 16.3. The van der Waals surface area contributed by atoms with Crippen molar-refractivity contribution in [3.8, 4) is 29.0 Å². The molecule has 32 heavy (non-hydrogen) atoms. The van der Waals surface area contributed by atoms with Gasteiger partial charge in [-0.2, -0.15) is 10.5 Å². The predicted octanol–water partition coefficient (Wildman–Crippen LogP) is 3.75. The normalized spacial score (nSPS) is 11.8. The molecule has 0 aliphatic rings. The first-order valence-electron chi connectivity index (χ1n) is 9.84. The number of fused-ring (bicyclic) bond motifs is 3. The summed E-state index contributed by atoms with van der Waals surface area (Å²) in [6.45, 7) is 1.67. The first kappa shape index (κ1) is 19.2. The van der Waals surface area contributed by atoms with Crippen molar-refractivity contribution in [2.75, 3.05) is 0 Å². The second kappa shape index (κ2) is 7.46. The molecule has 0 N–H and O–H groups in total. The van der Waals surface area contributed by atoms with Crippen LogP contribution in [-0.4, -0.2) is 24.1 Å². The van der Waals surface area contributed by atoms with Gasteiger partial charge in [0.1, 0.15) is 17.8 Å². The molecule has 1 unspecified atom stereocenters. The molecular formula is C24H15N7O. The van der Waals surface area contributed by atoms with Crippen molar-refractivity contribution in [2.45, 2.75) is 13.0 Å². The second-order valence-electron chi connectivity index (χ2n) is 7.27. The standard InChI is InChI=1S/C24H15N7O/c1-15(10-25)30-22-14-29-21-7-4-16(17-3-2-8-27-12-17)9-20(21)23(22)31(24(30)32)19-6-5-18(11-26)28-13-19/h2-9,12-15H,1H3. The number of hydrogen-bond acceptors (Lipinski definition) is 6. The maximum Gasteiger partial charge on any atom is 0.334 e. The van der Waals surface area contributed by atoms with Gasteiger partial charge in [-0.05, 0) is 42.8 Å². The molecule has 8 heteroatoms. The van der Waals surface area contributed by atoms with Crippen molar-refractivity contribution in [2.24, 2.45) is 0 Å². The van der Waals surface area contributed by atoms with E-state index >= 15 is 0 Å². The lowest BCUT2D eigenvalue weighted by atomic mass is 10.0. The Morgan fingerprint density at radius 3 is 2.56 bits per heavy atom. The summed E-state index contributed by atoms with van der Waals surface area (Å²) in [5.41, 5.74) is 4.12.